The molecule has 3 aromatic rings. The molecule has 0 aliphatic carbocycles. The van der Waals surface area contributed by atoms with Gasteiger partial charge in [0.2, 0.25) is 0 Å². The van der Waals surface area contributed by atoms with Gasteiger partial charge in [-0.25, -0.2) is 4.99 Å². The lowest BCUT2D eigenvalue weighted by molar-refractivity contribution is 0.0954. The summed E-state index contributed by atoms with van der Waals surface area (Å²) < 4.78 is 5.62. The molecule has 6 heteroatoms. The second-order valence-electron chi connectivity index (χ2n) is 7.47. The molecule has 1 amide bonds. The number of amides is 1. The normalized spacial score (nSPS) is 12.6. The van der Waals surface area contributed by atoms with E-state index in [4.69, 9.17) is 15.1 Å². The highest BCUT2D eigenvalue weighted by Gasteiger charge is 2.21. The standard InChI is InChI=1S/C28H25N3O2S/c1-33-24-13-7-5-11-21(24)27-22-12-6-8-14-25(22)34-26-16-15-20(19-23(26)31-27)28(32)30-18-10-4-2-3-9-17-29/h2-9,11-17,19,29H,10,18H2,1H3,(H,30,32)/b4-2+,9-3-,29-17?. The predicted octanol–water partition coefficient (Wildman–Crippen LogP) is 6.21. The van der Waals surface area contributed by atoms with E-state index in [1.807, 2.05) is 66.7 Å². The van der Waals surface area contributed by atoms with Crippen molar-refractivity contribution >= 4 is 35.3 Å². The minimum atomic E-state index is -0.132. The molecule has 0 unspecified atom stereocenters. The summed E-state index contributed by atoms with van der Waals surface area (Å²) in [5.41, 5.74) is 4.08. The summed E-state index contributed by atoms with van der Waals surface area (Å²) in [6.45, 7) is 0.529. The lowest BCUT2D eigenvalue weighted by Crippen LogP contribution is -2.24. The van der Waals surface area contributed by atoms with E-state index >= 15 is 0 Å². The van der Waals surface area contributed by atoms with Crippen molar-refractivity contribution in [3.8, 4) is 5.75 Å². The molecule has 0 radical (unpaired) electrons. The van der Waals surface area contributed by atoms with Crippen molar-refractivity contribution in [3.63, 3.8) is 0 Å². The molecule has 1 heterocycles. The number of hydrogen-bond donors (Lipinski definition) is 2. The number of ether oxygens (including phenoxy) is 1. The van der Waals surface area contributed by atoms with Gasteiger partial charge in [0.25, 0.3) is 5.91 Å². The fourth-order valence-corrected chi connectivity index (χ4v) is 4.60. The molecular formula is C28H25N3O2S. The van der Waals surface area contributed by atoms with Gasteiger partial charge in [0.1, 0.15) is 5.75 Å². The van der Waals surface area contributed by atoms with Gasteiger partial charge in [0.15, 0.2) is 0 Å². The number of carbonyl (C=O) groups is 1. The molecule has 4 rings (SSSR count). The molecule has 3 aromatic carbocycles. The van der Waals surface area contributed by atoms with Gasteiger partial charge in [-0.1, -0.05) is 60.3 Å². The minimum Gasteiger partial charge on any atom is -0.496 e. The summed E-state index contributed by atoms with van der Waals surface area (Å²) in [6.07, 6.45) is 9.18. The largest absolute Gasteiger partial charge is 0.496 e. The van der Waals surface area contributed by atoms with Crippen LogP contribution in [0.3, 0.4) is 0 Å². The Hall–Kier alpha value is -3.90. The number of methoxy groups -OCH3 is 1. The Morgan fingerprint density at radius 2 is 1.79 bits per heavy atom. The number of benzene rings is 3. The van der Waals surface area contributed by atoms with Gasteiger partial charge in [0.05, 0.1) is 18.5 Å². The highest BCUT2D eigenvalue weighted by atomic mass is 32.2. The fourth-order valence-electron chi connectivity index (χ4n) is 3.59. The first-order valence-electron chi connectivity index (χ1n) is 10.9. The number of rotatable bonds is 8. The van der Waals surface area contributed by atoms with Crippen LogP contribution in [0.2, 0.25) is 0 Å². The number of aliphatic imine (C=N–C) groups is 1. The SMILES string of the molecule is COc1ccccc1C1=Nc2cc(C(=O)NCC/C=C/C=C\C=N)ccc2Sc2ccccc21. The highest BCUT2D eigenvalue weighted by Crippen LogP contribution is 2.42. The zero-order chi connectivity index (χ0) is 23.8. The molecular weight excluding hydrogens is 442 g/mol. The van der Waals surface area contributed by atoms with E-state index in [-0.39, 0.29) is 5.91 Å². The van der Waals surface area contributed by atoms with Crippen molar-refractivity contribution in [2.75, 3.05) is 13.7 Å². The number of fused-ring (bicyclic) bond motifs is 2. The van der Waals surface area contributed by atoms with E-state index in [2.05, 4.69) is 17.4 Å². The van der Waals surface area contributed by atoms with Gasteiger partial charge in [-0.05, 0) is 48.9 Å². The summed E-state index contributed by atoms with van der Waals surface area (Å²) in [4.78, 5) is 19.9. The van der Waals surface area contributed by atoms with Gasteiger partial charge in [-0.2, -0.15) is 0 Å². The predicted molar refractivity (Wildman–Crippen MR) is 139 cm³/mol. The second kappa shape index (κ2) is 11.3. The Kier molecular flexibility index (Phi) is 7.73. The van der Waals surface area contributed by atoms with E-state index in [9.17, 15) is 4.79 Å². The molecule has 0 spiro atoms. The molecule has 5 nitrogen and oxygen atoms in total. The fraction of sp³-hybridized carbons (Fsp3) is 0.107. The Bertz CT molecular complexity index is 1290. The number of para-hydroxylation sites is 1. The smallest absolute Gasteiger partial charge is 0.251 e. The van der Waals surface area contributed by atoms with Crippen molar-refractivity contribution in [2.24, 2.45) is 4.99 Å². The molecule has 0 atom stereocenters. The first-order chi connectivity index (χ1) is 16.7. The van der Waals surface area contributed by atoms with Gasteiger partial charge in [-0.3, -0.25) is 4.79 Å². The number of nitrogens with one attached hydrogen (secondary N) is 2. The summed E-state index contributed by atoms with van der Waals surface area (Å²) in [6, 6.07) is 21.7. The quantitative estimate of drug-likeness (QED) is 0.184. The number of hydrogen-bond acceptors (Lipinski definition) is 5. The van der Waals surface area contributed by atoms with Crippen LogP contribution >= 0.6 is 11.8 Å². The van der Waals surface area contributed by atoms with Crippen molar-refractivity contribution in [1.82, 2.24) is 5.32 Å². The van der Waals surface area contributed by atoms with Crippen molar-refractivity contribution in [1.29, 1.82) is 5.41 Å². The average molecular weight is 468 g/mol. The van der Waals surface area contributed by atoms with Crippen LogP contribution < -0.4 is 10.1 Å². The van der Waals surface area contributed by atoms with Gasteiger partial charge < -0.3 is 15.5 Å². The van der Waals surface area contributed by atoms with Crippen LogP contribution in [-0.2, 0) is 0 Å². The molecule has 2 N–H and O–H groups in total. The highest BCUT2D eigenvalue weighted by molar-refractivity contribution is 7.99. The third-order valence-electron chi connectivity index (χ3n) is 5.23. The van der Waals surface area contributed by atoms with Crippen molar-refractivity contribution < 1.29 is 9.53 Å². The summed E-state index contributed by atoms with van der Waals surface area (Å²) in [5, 5.41) is 9.91. The van der Waals surface area contributed by atoms with E-state index < -0.39 is 0 Å². The van der Waals surface area contributed by atoms with Gasteiger partial charge in [-0.15, -0.1) is 0 Å². The van der Waals surface area contributed by atoms with Crippen LogP contribution in [-0.4, -0.2) is 31.5 Å². The molecule has 0 saturated carbocycles. The van der Waals surface area contributed by atoms with Gasteiger partial charge >= 0.3 is 0 Å². The lowest BCUT2D eigenvalue weighted by atomic mass is 10.0. The number of nitrogens with zero attached hydrogens (tertiary/aromatic N) is 1. The lowest BCUT2D eigenvalue weighted by Gasteiger charge is -2.12. The Morgan fingerprint density at radius 3 is 2.62 bits per heavy atom. The maximum Gasteiger partial charge on any atom is 0.251 e. The van der Waals surface area contributed by atoms with Gasteiger partial charge in [0, 0.05) is 39.2 Å². The van der Waals surface area contributed by atoms with E-state index in [1.165, 1.54) is 6.21 Å². The molecule has 0 aromatic heterocycles. The zero-order valence-electron chi connectivity index (χ0n) is 18.8. The van der Waals surface area contributed by atoms with Crippen LogP contribution in [0.1, 0.15) is 27.9 Å². The summed E-state index contributed by atoms with van der Waals surface area (Å²) in [5.74, 6) is 0.619. The molecule has 1 aliphatic heterocycles. The monoisotopic (exact) mass is 467 g/mol. The Labute approximate surface area is 203 Å². The van der Waals surface area contributed by atoms with E-state index in [0.29, 0.717) is 18.5 Å². The molecule has 1 aliphatic rings. The van der Waals surface area contributed by atoms with Crippen LogP contribution in [0, 0.1) is 5.41 Å². The van der Waals surface area contributed by atoms with Crippen molar-refractivity contribution in [3.05, 3.63) is 108 Å². The minimum absolute atomic E-state index is 0.132. The topological polar surface area (TPSA) is 74.5 Å². The second-order valence-corrected chi connectivity index (χ2v) is 8.55. The third kappa shape index (κ3) is 5.35. The van der Waals surface area contributed by atoms with Crippen LogP contribution in [0.15, 0.2) is 106 Å². The average Bonchev–Trinajstić information content (AvgIpc) is 3.04. The Morgan fingerprint density at radius 1 is 1.00 bits per heavy atom. The van der Waals surface area contributed by atoms with E-state index in [1.54, 1.807) is 31.0 Å². The first kappa shape index (κ1) is 23.3. The molecule has 0 bridgehead atoms. The van der Waals surface area contributed by atoms with Crippen LogP contribution in [0.4, 0.5) is 5.69 Å². The number of allylic oxidation sites excluding steroid dienone is 3. The third-order valence-corrected chi connectivity index (χ3v) is 6.37. The van der Waals surface area contributed by atoms with Crippen LogP contribution in [0.5, 0.6) is 5.75 Å². The Balaban J connectivity index is 1.64. The van der Waals surface area contributed by atoms with Crippen LogP contribution in [0.25, 0.3) is 0 Å². The maximum atomic E-state index is 12.8. The number of carbonyl (C=O) groups excluding carboxylic acids is 1. The molecule has 34 heavy (non-hydrogen) atoms. The molecule has 0 saturated heterocycles. The van der Waals surface area contributed by atoms with E-state index in [0.717, 1.165) is 38.1 Å². The molecule has 170 valence electrons. The summed E-state index contributed by atoms with van der Waals surface area (Å²) >= 11 is 1.65. The summed E-state index contributed by atoms with van der Waals surface area (Å²) in [7, 11) is 1.66. The first-order valence-corrected chi connectivity index (χ1v) is 11.8. The van der Waals surface area contributed by atoms with Crippen molar-refractivity contribution in [2.45, 2.75) is 16.2 Å². The maximum absolute atomic E-state index is 12.8. The molecule has 0 fully saturated rings. The zero-order valence-corrected chi connectivity index (χ0v) is 19.6.